The van der Waals surface area contributed by atoms with Crippen LogP contribution in [0.3, 0.4) is 0 Å². The third kappa shape index (κ3) is 4.36. The van der Waals surface area contributed by atoms with E-state index in [1.54, 1.807) is 0 Å². The van der Waals surface area contributed by atoms with Crippen LogP contribution in [0.25, 0.3) is 88.4 Å². The van der Waals surface area contributed by atoms with Crippen LogP contribution in [0.2, 0.25) is 0 Å². The molecule has 0 unspecified atom stereocenters. The molecule has 0 aliphatic rings. The minimum Gasteiger partial charge on any atom is -0.309 e. The van der Waals surface area contributed by atoms with E-state index >= 15 is 0 Å². The molecule has 0 bridgehead atoms. The molecule has 2 heterocycles. The van der Waals surface area contributed by atoms with Gasteiger partial charge in [0.05, 0.1) is 22.1 Å². The fourth-order valence-electron chi connectivity index (χ4n) is 8.02. The zero-order chi connectivity index (χ0) is 33.0. The highest BCUT2D eigenvalue weighted by atomic mass is 15.0. The molecule has 0 amide bonds. The van der Waals surface area contributed by atoms with Crippen molar-refractivity contribution in [2.45, 2.75) is 0 Å². The predicted octanol–water partition coefficient (Wildman–Crippen LogP) is 12.9. The molecule has 234 valence electrons. The van der Waals surface area contributed by atoms with E-state index in [1.165, 1.54) is 82.7 Å². The lowest BCUT2D eigenvalue weighted by Crippen LogP contribution is -1.96. The number of fused-ring (bicyclic) bond motifs is 6. The number of benzene rings is 8. The Morgan fingerprint density at radius 2 is 0.700 bits per heavy atom. The number of rotatable bonds is 5. The first-order valence-electron chi connectivity index (χ1n) is 17.2. The quantitative estimate of drug-likeness (QED) is 0.178. The predicted molar refractivity (Wildman–Crippen MR) is 211 cm³/mol. The van der Waals surface area contributed by atoms with Crippen molar-refractivity contribution in [3.8, 4) is 44.8 Å². The Labute approximate surface area is 290 Å². The van der Waals surface area contributed by atoms with Crippen molar-refractivity contribution in [2.75, 3.05) is 0 Å². The van der Waals surface area contributed by atoms with Crippen LogP contribution in [0.15, 0.2) is 194 Å². The molecule has 0 saturated heterocycles. The van der Waals surface area contributed by atoms with Gasteiger partial charge in [0.15, 0.2) is 0 Å². The van der Waals surface area contributed by atoms with Gasteiger partial charge in [0.1, 0.15) is 0 Å². The van der Waals surface area contributed by atoms with Gasteiger partial charge < -0.3 is 9.13 Å². The molecule has 2 aromatic heterocycles. The fourth-order valence-corrected chi connectivity index (χ4v) is 8.02. The smallest absolute Gasteiger partial charge is 0.0547 e. The summed E-state index contributed by atoms with van der Waals surface area (Å²) in [6.45, 7) is 0. The molecule has 0 fully saturated rings. The minimum atomic E-state index is 1.14. The Kier molecular flexibility index (Phi) is 6.53. The molecule has 0 aliphatic heterocycles. The first-order chi connectivity index (χ1) is 24.8. The first-order valence-corrected chi connectivity index (χ1v) is 17.2. The van der Waals surface area contributed by atoms with Crippen LogP contribution in [-0.4, -0.2) is 9.13 Å². The van der Waals surface area contributed by atoms with Crippen LogP contribution in [-0.2, 0) is 0 Å². The zero-order valence-electron chi connectivity index (χ0n) is 27.4. The van der Waals surface area contributed by atoms with Crippen LogP contribution in [0.1, 0.15) is 0 Å². The van der Waals surface area contributed by atoms with Crippen molar-refractivity contribution in [3.63, 3.8) is 0 Å². The van der Waals surface area contributed by atoms with E-state index < -0.39 is 0 Å². The summed E-state index contributed by atoms with van der Waals surface area (Å²) in [4.78, 5) is 0. The Balaban J connectivity index is 1.26. The van der Waals surface area contributed by atoms with E-state index in [4.69, 9.17) is 0 Å². The molecule has 8 aromatic carbocycles. The number of hydrogen-bond donors (Lipinski definition) is 0. The number of para-hydroxylation sites is 3. The summed E-state index contributed by atoms with van der Waals surface area (Å²) < 4.78 is 4.85. The highest BCUT2D eigenvalue weighted by Crippen LogP contribution is 2.44. The largest absolute Gasteiger partial charge is 0.309 e. The van der Waals surface area contributed by atoms with Crippen LogP contribution in [0.4, 0.5) is 0 Å². The van der Waals surface area contributed by atoms with Gasteiger partial charge in [-0.15, -0.1) is 0 Å². The Morgan fingerprint density at radius 3 is 1.26 bits per heavy atom. The van der Waals surface area contributed by atoms with Crippen molar-refractivity contribution < 1.29 is 0 Å². The van der Waals surface area contributed by atoms with Crippen molar-refractivity contribution >= 4 is 43.6 Å². The van der Waals surface area contributed by atoms with E-state index in [0.717, 1.165) is 5.69 Å². The van der Waals surface area contributed by atoms with Crippen LogP contribution in [0, 0.1) is 0 Å². The van der Waals surface area contributed by atoms with E-state index in [0.29, 0.717) is 0 Å². The highest BCUT2D eigenvalue weighted by molar-refractivity contribution is 6.22. The van der Waals surface area contributed by atoms with Gasteiger partial charge in [0.2, 0.25) is 0 Å². The second kappa shape index (κ2) is 11.5. The van der Waals surface area contributed by atoms with Crippen molar-refractivity contribution in [3.05, 3.63) is 194 Å². The molecule has 0 atom stereocenters. The fraction of sp³-hybridized carbons (Fsp3) is 0. The summed E-state index contributed by atoms with van der Waals surface area (Å²) in [6.07, 6.45) is 0. The first kappa shape index (κ1) is 28.4. The lowest BCUT2D eigenvalue weighted by molar-refractivity contribution is 1.18. The molecule has 0 spiro atoms. The Bertz CT molecular complexity index is 2840. The molecule has 0 aliphatic carbocycles. The van der Waals surface area contributed by atoms with Gasteiger partial charge in [0, 0.05) is 32.9 Å². The van der Waals surface area contributed by atoms with Crippen molar-refractivity contribution in [2.24, 2.45) is 0 Å². The molecular formula is C48H32N2. The highest BCUT2D eigenvalue weighted by Gasteiger charge is 2.21. The third-order valence-electron chi connectivity index (χ3n) is 10.1. The Morgan fingerprint density at radius 1 is 0.260 bits per heavy atom. The SMILES string of the molecule is c1ccc(-c2ccc(-n3c4ccccc4c4c(-c5cccc6c5c5ccccc5n6-c5ccccc5)cccc43)cc2-c2ccccc2)cc1. The van der Waals surface area contributed by atoms with E-state index in [1.807, 2.05) is 0 Å². The van der Waals surface area contributed by atoms with Gasteiger partial charge in [-0.1, -0.05) is 146 Å². The zero-order valence-corrected chi connectivity index (χ0v) is 27.4. The average molecular weight is 637 g/mol. The molecule has 10 rings (SSSR count). The van der Waals surface area contributed by atoms with Gasteiger partial charge >= 0.3 is 0 Å². The summed E-state index contributed by atoms with van der Waals surface area (Å²) >= 11 is 0. The van der Waals surface area contributed by atoms with E-state index in [2.05, 4.69) is 203 Å². The van der Waals surface area contributed by atoms with E-state index in [9.17, 15) is 0 Å². The van der Waals surface area contributed by atoms with Gasteiger partial charge in [-0.05, 0) is 81.9 Å². The third-order valence-corrected chi connectivity index (χ3v) is 10.1. The summed E-state index contributed by atoms with van der Waals surface area (Å²) in [5.74, 6) is 0. The number of aromatic nitrogens is 2. The van der Waals surface area contributed by atoms with Gasteiger partial charge in [-0.3, -0.25) is 0 Å². The van der Waals surface area contributed by atoms with Crippen molar-refractivity contribution in [1.82, 2.24) is 9.13 Å². The standard InChI is InChI=1S/C48H32N2/c1-4-16-33(17-5-1)37-31-30-36(32-42(37)34-18-6-2-7-19-34)50-44-27-13-11-23-41(44)48-39(25-15-29-46(48)50)38-24-14-28-45-47(38)40-22-10-12-26-43(40)49(45)35-20-8-3-9-21-35/h1-32H. The van der Waals surface area contributed by atoms with E-state index in [-0.39, 0.29) is 0 Å². The summed E-state index contributed by atoms with van der Waals surface area (Å²) in [5.41, 5.74) is 14.5. The second-order valence-electron chi connectivity index (χ2n) is 12.9. The number of hydrogen-bond acceptors (Lipinski definition) is 0. The lowest BCUT2D eigenvalue weighted by Gasteiger charge is -2.15. The second-order valence-corrected chi connectivity index (χ2v) is 12.9. The monoisotopic (exact) mass is 636 g/mol. The van der Waals surface area contributed by atoms with Crippen LogP contribution < -0.4 is 0 Å². The molecule has 0 saturated carbocycles. The maximum atomic E-state index is 2.45. The average Bonchev–Trinajstić information content (AvgIpc) is 3.72. The molecule has 50 heavy (non-hydrogen) atoms. The normalized spacial score (nSPS) is 11.6. The molecule has 10 aromatic rings. The summed E-state index contributed by atoms with van der Waals surface area (Å²) in [6, 6.07) is 70.3. The topological polar surface area (TPSA) is 9.86 Å². The van der Waals surface area contributed by atoms with Gasteiger partial charge in [0.25, 0.3) is 0 Å². The maximum absolute atomic E-state index is 2.45. The lowest BCUT2D eigenvalue weighted by atomic mass is 9.94. The maximum Gasteiger partial charge on any atom is 0.0547 e. The Hall–Kier alpha value is -6.64. The molecule has 0 N–H and O–H groups in total. The minimum absolute atomic E-state index is 1.14. The molecule has 0 radical (unpaired) electrons. The summed E-state index contributed by atoms with van der Waals surface area (Å²) in [5, 5.41) is 5.04. The van der Waals surface area contributed by atoms with Crippen LogP contribution in [0.5, 0.6) is 0 Å². The summed E-state index contributed by atoms with van der Waals surface area (Å²) in [7, 11) is 0. The molecule has 2 nitrogen and oxygen atoms in total. The molecule has 2 heteroatoms. The van der Waals surface area contributed by atoms with Gasteiger partial charge in [-0.2, -0.15) is 0 Å². The van der Waals surface area contributed by atoms with Crippen molar-refractivity contribution in [1.29, 1.82) is 0 Å². The van der Waals surface area contributed by atoms with Gasteiger partial charge in [-0.25, -0.2) is 0 Å². The van der Waals surface area contributed by atoms with Crippen LogP contribution >= 0.6 is 0 Å². The number of nitrogens with zero attached hydrogens (tertiary/aromatic N) is 2. The molecular weight excluding hydrogens is 605 g/mol.